The van der Waals surface area contributed by atoms with Crippen LogP contribution in [0.2, 0.25) is 5.32 Å². The number of aromatic nitrogens is 1. The first-order valence-corrected chi connectivity index (χ1v) is 8.35. The summed E-state index contributed by atoms with van der Waals surface area (Å²) < 4.78 is 0.908. The second-order valence-electron chi connectivity index (χ2n) is 4.35. The number of amides is 1. The van der Waals surface area contributed by atoms with E-state index in [0.717, 1.165) is 16.0 Å². The number of amidine groups is 1. The average molecular weight is 330 g/mol. The van der Waals surface area contributed by atoms with Crippen molar-refractivity contribution in [3.8, 4) is 0 Å². The van der Waals surface area contributed by atoms with Crippen LogP contribution < -0.4 is 0 Å². The third-order valence-corrected chi connectivity index (χ3v) is 4.94. The molecule has 1 fully saturated rings. The Morgan fingerprint density at radius 1 is 1.15 bits per heavy atom. The quantitative estimate of drug-likeness (QED) is 0.810. The van der Waals surface area contributed by atoms with Crippen molar-refractivity contribution in [1.82, 2.24) is 9.88 Å². The predicted molar refractivity (Wildman–Crippen MR) is 78.9 cm³/mol. The van der Waals surface area contributed by atoms with Crippen LogP contribution in [0, 0.1) is 0 Å². The number of carbonyl (C=O) groups excluding carboxylic acids is 1. The van der Waals surface area contributed by atoms with E-state index in [9.17, 15) is 4.79 Å². The van der Waals surface area contributed by atoms with Crippen LogP contribution >= 0.6 is 0 Å². The normalized spacial score (nSPS) is 16.9. The van der Waals surface area contributed by atoms with Gasteiger partial charge in [-0.3, -0.25) is 0 Å². The molecular weight excluding hydrogens is 317 g/mol. The van der Waals surface area contributed by atoms with E-state index < -0.39 is 0 Å². The van der Waals surface area contributed by atoms with Crippen LogP contribution in [0.1, 0.15) is 5.56 Å². The summed E-state index contributed by atoms with van der Waals surface area (Å²) in [5.41, 5.74) is 1.98. The number of rotatable bonds is 3. The Morgan fingerprint density at radius 3 is 2.65 bits per heavy atom. The van der Waals surface area contributed by atoms with Gasteiger partial charge in [0.25, 0.3) is 0 Å². The van der Waals surface area contributed by atoms with Gasteiger partial charge in [0.1, 0.15) is 0 Å². The first-order chi connectivity index (χ1) is 9.83. The van der Waals surface area contributed by atoms with Crippen molar-refractivity contribution in [3.63, 3.8) is 0 Å². The fraction of sp³-hybridized carbons (Fsp3) is 0.133. The molecule has 1 saturated heterocycles. The Kier molecular flexibility index (Phi) is 3.90. The van der Waals surface area contributed by atoms with E-state index in [-0.39, 0.29) is 20.9 Å². The Balaban J connectivity index is 1.84. The van der Waals surface area contributed by atoms with Crippen LogP contribution in [0.25, 0.3) is 0 Å². The topological polar surface area (TPSA) is 45.6 Å². The van der Waals surface area contributed by atoms with Gasteiger partial charge in [-0.05, 0) is 0 Å². The molecule has 0 radical (unpaired) electrons. The van der Waals surface area contributed by atoms with Gasteiger partial charge >= 0.3 is 123 Å². The molecule has 0 aliphatic carbocycles. The van der Waals surface area contributed by atoms with Crippen LogP contribution in [0.5, 0.6) is 0 Å². The molecule has 2 aromatic rings. The molecule has 20 heavy (non-hydrogen) atoms. The first-order valence-electron chi connectivity index (χ1n) is 6.29. The van der Waals surface area contributed by atoms with Gasteiger partial charge < -0.3 is 0 Å². The third-order valence-electron chi connectivity index (χ3n) is 2.93. The van der Waals surface area contributed by atoms with E-state index in [4.69, 9.17) is 0 Å². The summed E-state index contributed by atoms with van der Waals surface area (Å²) >= 11 is 0.125. The van der Waals surface area contributed by atoms with Gasteiger partial charge in [-0.25, -0.2) is 0 Å². The molecule has 1 aromatic heterocycles. The van der Waals surface area contributed by atoms with E-state index in [1.807, 2.05) is 42.5 Å². The van der Waals surface area contributed by atoms with Gasteiger partial charge in [0.15, 0.2) is 0 Å². The first kappa shape index (κ1) is 13.0. The van der Waals surface area contributed by atoms with Crippen LogP contribution in [0.15, 0.2) is 59.9 Å². The van der Waals surface area contributed by atoms with Crippen molar-refractivity contribution in [2.75, 3.05) is 0 Å². The molecule has 2 heterocycles. The fourth-order valence-electron chi connectivity index (χ4n) is 1.92. The maximum atomic E-state index is 12.0. The summed E-state index contributed by atoms with van der Waals surface area (Å²) in [4.78, 5) is 22.4. The van der Waals surface area contributed by atoms with E-state index >= 15 is 0 Å². The summed E-state index contributed by atoms with van der Waals surface area (Å²) in [7, 11) is 0. The molecular formula is C15H13N3OSe. The minimum atomic E-state index is 0.125. The molecule has 3 rings (SSSR count). The number of nitrogens with zero attached hydrogens (tertiary/aromatic N) is 3. The summed E-state index contributed by atoms with van der Waals surface area (Å²) in [5, 5.41) is 0.601. The van der Waals surface area contributed by atoms with Gasteiger partial charge in [0, 0.05) is 0 Å². The molecule has 1 aliphatic heterocycles. The number of pyridine rings is 1. The monoisotopic (exact) mass is 331 g/mol. The van der Waals surface area contributed by atoms with E-state index in [0.29, 0.717) is 11.9 Å². The zero-order chi connectivity index (χ0) is 13.8. The number of hydrogen-bond acceptors (Lipinski definition) is 3. The van der Waals surface area contributed by atoms with Crippen LogP contribution in [0.4, 0.5) is 5.69 Å². The van der Waals surface area contributed by atoms with Crippen molar-refractivity contribution in [2.45, 2.75) is 11.9 Å². The molecule has 0 spiro atoms. The Morgan fingerprint density at radius 2 is 1.90 bits per heavy atom. The Labute approximate surface area is 123 Å². The summed E-state index contributed by atoms with van der Waals surface area (Å²) in [6, 6.07) is 13.6. The van der Waals surface area contributed by atoms with Crippen molar-refractivity contribution in [2.24, 2.45) is 4.99 Å². The SMILES string of the molecule is O=C1C[Se]C(=Nc2ccccc2)N1Cc1ccncc1. The molecule has 0 bridgehead atoms. The predicted octanol–water partition coefficient (Wildman–Crippen LogP) is 2.23. The van der Waals surface area contributed by atoms with Gasteiger partial charge in [-0.2, -0.15) is 0 Å². The van der Waals surface area contributed by atoms with Crippen molar-refractivity contribution in [3.05, 3.63) is 60.4 Å². The summed E-state index contributed by atoms with van der Waals surface area (Å²) in [6.07, 6.45) is 3.49. The van der Waals surface area contributed by atoms with Crippen LogP contribution in [-0.2, 0) is 11.3 Å². The molecule has 5 heteroatoms. The summed E-state index contributed by atoms with van der Waals surface area (Å²) in [6.45, 7) is 0.578. The van der Waals surface area contributed by atoms with Gasteiger partial charge in [-0.15, -0.1) is 0 Å². The molecule has 4 nitrogen and oxygen atoms in total. The van der Waals surface area contributed by atoms with Crippen LogP contribution in [0.3, 0.4) is 0 Å². The fourth-order valence-corrected chi connectivity index (χ4v) is 3.81. The van der Waals surface area contributed by atoms with Gasteiger partial charge in [0.2, 0.25) is 0 Å². The average Bonchev–Trinajstić information content (AvgIpc) is 2.83. The van der Waals surface area contributed by atoms with E-state index in [1.54, 1.807) is 17.3 Å². The van der Waals surface area contributed by atoms with Gasteiger partial charge in [-0.1, -0.05) is 0 Å². The second-order valence-corrected chi connectivity index (χ2v) is 6.33. The molecule has 1 aliphatic rings. The number of carbonyl (C=O) groups is 1. The third kappa shape index (κ3) is 2.95. The molecule has 0 unspecified atom stereocenters. The molecule has 0 atom stereocenters. The van der Waals surface area contributed by atoms with Crippen molar-refractivity contribution >= 4 is 31.3 Å². The zero-order valence-corrected chi connectivity index (χ0v) is 12.5. The van der Waals surface area contributed by atoms with E-state index in [2.05, 4.69) is 9.98 Å². The molecule has 1 amide bonds. The van der Waals surface area contributed by atoms with Crippen LogP contribution in [-0.4, -0.2) is 35.5 Å². The molecule has 0 saturated carbocycles. The zero-order valence-electron chi connectivity index (χ0n) is 10.8. The summed E-state index contributed by atoms with van der Waals surface area (Å²) in [5.74, 6) is 0.163. The Hall–Kier alpha value is -1.97. The number of benzene rings is 1. The Bertz CT molecular complexity index is 628. The van der Waals surface area contributed by atoms with E-state index in [1.165, 1.54) is 0 Å². The number of para-hydroxylation sites is 1. The second kappa shape index (κ2) is 5.99. The van der Waals surface area contributed by atoms with Gasteiger partial charge in [0.05, 0.1) is 0 Å². The van der Waals surface area contributed by atoms with Crippen molar-refractivity contribution < 1.29 is 4.79 Å². The molecule has 100 valence electrons. The molecule has 1 aromatic carbocycles. The minimum absolute atomic E-state index is 0.125. The van der Waals surface area contributed by atoms with Crippen molar-refractivity contribution in [1.29, 1.82) is 0 Å². The number of aliphatic imine (C=N–C) groups is 1. The number of hydrogen-bond donors (Lipinski definition) is 0. The maximum absolute atomic E-state index is 12.0. The molecule has 0 N–H and O–H groups in total. The standard InChI is InChI=1S/C15H13N3OSe/c19-14-11-20-15(17-13-4-2-1-3-5-13)18(14)10-12-6-8-16-9-7-12/h1-9H,10-11H2.